The van der Waals surface area contributed by atoms with Crippen molar-refractivity contribution in [3.8, 4) is 0 Å². The molecule has 3 nitrogen and oxygen atoms in total. The van der Waals surface area contributed by atoms with E-state index in [9.17, 15) is 4.39 Å². The van der Waals surface area contributed by atoms with Gasteiger partial charge in [0, 0.05) is 28.2 Å². The molecule has 3 aromatic rings. The molecular formula is C16H13FN2O. The van der Waals surface area contributed by atoms with Gasteiger partial charge in [-0.15, -0.1) is 0 Å². The summed E-state index contributed by atoms with van der Waals surface area (Å²) in [6.45, 7) is 0.437. The average Bonchev–Trinajstić information content (AvgIpc) is 2.81. The number of oxime groups is 1. The van der Waals surface area contributed by atoms with Crippen LogP contribution in [0.2, 0.25) is 0 Å². The Kier molecular flexibility index (Phi) is 3.21. The topological polar surface area (TPSA) is 37.5 Å². The number of aromatic nitrogens is 1. The molecule has 0 saturated heterocycles. The standard InChI is InChI=1S/C16H13FN2O/c17-15-7-3-1-5-12(15)10-19-11-13(9-18-20)14-6-2-4-8-16(14)19/h1-9,11,20H,10H2. The van der Waals surface area contributed by atoms with Gasteiger partial charge in [0.05, 0.1) is 12.8 Å². The lowest BCUT2D eigenvalue weighted by Gasteiger charge is -2.06. The van der Waals surface area contributed by atoms with Gasteiger partial charge in [-0.25, -0.2) is 4.39 Å². The summed E-state index contributed by atoms with van der Waals surface area (Å²) in [7, 11) is 0. The van der Waals surface area contributed by atoms with Gasteiger partial charge in [-0.05, 0) is 12.1 Å². The molecule has 0 spiro atoms. The predicted octanol–water partition coefficient (Wildman–Crippen LogP) is 3.64. The minimum Gasteiger partial charge on any atom is -0.411 e. The third-order valence-electron chi connectivity index (χ3n) is 3.31. The Morgan fingerprint density at radius 1 is 1.10 bits per heavy atom. The fourth-order valence-corrected chi connectivity index (χ4v) is 2.38. The molecule has 0 unspecified atom stereocenters. The van der Waals surface area contributed by atoms with Crippen molar-refractivity contribution in [2.45, 2.75) is 6.54 Å². The lowest BCUT2D eigenvalue weighted by Crippen LogP contribution is -2.00. The molecule has 0 amide bonds. The monoisotopic (exact) mass is 268 g/mol. The zero-order valence-electron chi connectivity index (χ0n) is 10.7. The summed E-state index contributed by atoms with van der Waals surface area (Å²) in [4.78, 5) is 0. The molecule has 1 aromatic heterocycles. The van der Waals surface area contributed by atoms with Crippen molar-refractivity contribution in [3.05, 3.63) is 71.7 Å². The molecule has 100 valence electrons. The minimum absolute atomic E-state index is 0.220. The van der Waals surface area contributed by atoms with Gasteiger partial charge in [-0.2, -0.15) is 0 Å². The molecule has 0 aliphatic rings. The zero-order chi connectivity index (χ0) is 13.9. The first-order valence-electron chi connectivity index (χ1n) is 6.28. The summed E-state index contributed by atoms with van der Waals surface area (Å²) >= 11 is 0. The molecule has 1 N–H and O–H groups in total. The highest BCUT2D eigenvalue weighted by Crippen LogP contribution is 2.21. The number of fused-ring (bicyclic) bond motifs is 1. The second kappa shape index (κ2) is 5.17. The second-order valence-electron chi connectivity index (χ2n) is 4.57. The van der Waals surface area contributed by atoms with E-state index in [1.54, 1.807) is 12.1 Å². The summed E-state index contributed by atoms with van der Waals surface area (Å²) in [6, 6.07) is 14.5. The van der Waals surface area contributed by atoms with E-state index >= 15 is 0 Å². The SMILES string of the molecule is ON=Cc1cn(Cc2ccccc2F)c2ccccc12. The van der Waals surface area contributed by atoms with Crippen molar-refractivity contribution in [3.63, 3.8) is 0 Å². The Bertz CT molecular complexity index is 777. The zero-order valence-corrected chi connectivity index (χ0v) is 10.7. The van der Waals surface area contributed by atoms with Gasteiger partial charge in [-0.3, -0.25) is 0 Å². The smallest absolute Gasteiger partial charge is 0.128 e. The van der Waals surface area contributed by atoms with Gasteiger partial charge in [0.1, 0.15) is 5.82 Å². The maximum Gasteiger partial charge on any atom is 0.128 e. The first-order valence-corrected chi connectivity index (χ1v) is 6.28. The van der Waals surface area contributed by atoms with Crippen LogP contribution in [0.5, 0.6) is 0 Å². The molecule has 0 bridgehead atoms. The van der Waals surface area contributed by atoms with Gasteiger partial charge >= 0.3 is 0 Å². The van der Waals surface area contributed by atoms with Crippen molar-refractivity contribution in [2.24, 2.45) is 5.16 Å². The van der Waals surface area contributed by atoms with Crippen LogP contribution in [0, 0.1) is 5.82 Å². The maximum atomic E-state index is 13.8. The van der Waals surface area contributed by atoms with E-state index < -0.39 is 0 Å². The first kappa shape index (κ1) is 12.4. The summed E-state index contributed by atoms with van der Waals surface area (Å²) in [5.74, 6) is -0.220. The number of para-hydroxylation sites is 1. The highest BCUT2D eigenvalue weighted by Gasteiger charge is 2.08. The molecule has 0 aliphatic carbocycles. The third kappa shape index (κ3) is 2.16. The number of rotatable bonds is 3. The number of nitrogens with zero attached hydrogens (tertiary/aromatic N) is 2. The first-order chi connectivity index (χ1) is 9.79. The maximum absolute atomic E-state index is 13.8. The summed E-state index contributed by atoms with van der Waals surface area (Å²) < 4.78 is 15.7. The molecule has 0 saturated carbocycles. The van der Waals surface area contributed by atoms with Crippen LogP contribution in [-0.4, -0.2) is 16.0 Å². The second-order valence-corrected chi connectivity index (χ2v) is 4.57. The molecule has 20 heavy (non-hydrogen) atoms. The third-order valence-corrected chi connectivity index (χ3v) is 3.31. The lowest BCUT2D eigenvalue weighted by molar-refractivity contribution is 0.322. The van der Waals surface area contributed by atoms with Crippen LogP contribution in [0.3, 0.4) is 0 Å². The van der Waals surface area contributed by atoms with E-state index in [0.29, 0.717) is 12.1 Å². The van der Waals surface area contributed by atoms with E-state index in [2.05, 4.69) is 5.16 Å². The van der Waals surface area contributed by atoms with Crippen molar-refractivity contribution in [1.82, 2.24) is 4.57 Å². The van der Waals surface area contributed by atoms with Crippen LogP contribution < -0.4 is 0 Å². The molecule has 2 aromatic carbocycles. The minimum atomic E-state index is -0.220. The van der Waals surface area contributed by atoms with E-state index in [1.165, 1.54) is 12.3 Å². The molecule has 0 atom stereocenters. The van der Waals surface area contributed by atoms with Crippen LogP contribution in [0.15, 0.2) is 59.9 Å². The number of benzene rings is 2. The molecule has 0 fully saturated rings. The molecule has 4 heteroatoms. The molecular weight excluding hydrogens is 255 g/mol. The van der Waals surface area contributed by atoms with Crippen LogP contribution in [0.4, 0.5) is 4.39 Å². The largest absolute Gasteiger partial charge is 0.411 e. The lowest BCUT2D eigenvalue weighted by atomic mass is 10.2. The van der Waals surface area contributed by atoms with E-state index in [-0.39, 0.29) is 5.82 Å². The quantitative estimate of drug-likeness (QED) is 0.439. The van der Waals surface area contributed by atoms with Crippen LogP contribution in [-0.2, 0) is 6.54 Å². The molecule has 0 aliphatic heterocycles. The summed E-state index contributed by atoms with van der Waals surface area (Å²) in [5, 5.41) is 12.8. The molecule has 0 radical (unpaired) electrons. The molecule has 1 heterocycles. The van der Waals surface area contributed by atoms with Crippen LogP contribution >= 0.6 is 0 Å². The molecule has 3 rings (SSSR count). The Morgan fingerprint density at radius 3 is 2.65 bits per heavy atom. The number of hydrogen-bond donors (Lipinski definition) is 1. The fraction of sp³-hybridized carbons (Fsp3) is 0.0625. The summed E-state index contributed by atoms with van der Waals surface area (Å²) in [6.07, 6.45) is 3.25. The Hall–Kier alpha value is -2.62. The van der Waals surface area contributed by atoms with E-state index in [4.69, 9.17) is 5.21 Å². The number of hydrogen-bond acceptors (Lipinski definition) is 2. The Morgan fingerprint density at radius 2 is 1.85 bits per heavy atom. The highest BCUT2D eigenvalue weighted by atomic mass is 19.1. The normalized spacial score (nSPS) is 11.4. The fourth-order valence-electron chi connectivity index (χ4n) is 2.38. The van der Waals surface area contributed by atoms with Gasteiger partial charge < -0.3 is 9.77 Å². The van der Waals surface area contributed by atoms with Crippen molar-refractivity contribution >= 4 is 17.1 Å². The van der Waals surface area contributed by atoms with Gasteiger partial charge in [0.15, 0.2) is 0 Å². The van der Waals surface area contributed by atoms with E-state index in [0.717, 1.165) is 16.5 Å². The van der Waals surface area contributed by atoms with Crippen molar-refractivity contribution in [1.29, 1.82) is 0 Å². The van der Waals surface area contributed by atoms with Gasteiger partial charge in [-0.1, -0.05) is 41.6 Å². The van der Waals surface area contributed by atoms with Crippen molar-refractivity contribution in [2.75, 3.05) is 0 Å². The van der Waals surface area contributed by atoms with Crippen LogP contribution in [0.1, 0.15) is 11.1 Å². The predicted molar refractivity (Wildman–Crippen MR) is 76.8 cm³/mol. The van der Waals surface area contributed by atoms with Gasteiger partial charge in [0.2, 0.25) is 0 Å². The van der Waals surface area contributed by atoms with Gasteiger partial charge in [0.25, 0.3) is 0 Å². The van der Waals surface area contributed by atoms with Crippen LogP contribution in [0.25, 0.3) is 10.9 Å². The van der Waals surface area contributed by atoms with E-state index in [1.807, 2.05) is 41.1 Å². The average molecular weight is 268 g/mol. The Labute approximate surface area is 115 Å². The summed E-state index contributed by atoms with van der Waals surface area (Å²) in [5.41, 5.74) is 2.41. The number of halogens is 1. The Balaban J connectivity index is 2.10. The highest BCUT2D eigenvalue weighted by molar-refractivity contribution is 5.99. The van der Waals surface area contributed by atoms with Crippen molar-refractivity contribution < 1.29 is 9.60 Å².